The van der Waals surface area contributed by atoms with Gasteiger partial charge in [0.2, 0.25) is 11.8 Å². The molecule has 1 aromatic heterocycles. The molecule has 0 spiro atoms. The molecule has 1 aromatic carbocycles. The number of benzene rings is 1. The van der Waals surface area contributed by atoms with Crippen LogP contribution in [0.3, 0.4) is 0 Å². The number of amides is 2. The van der Waals surface area contributed by atoms with Crippen LogP contribution in [0, 0.1) is 0 Å². The number of rotatable bonds is 8. The Morgan fingerprint density at radius 2 is 1.76 bits per heavy atom. The van der Waals surface area contributed by atoms with E-state index in [2.05, 4.69) is 15.5 Å². The third kappa shape index (κ3) is 6.17. The fraction of sp³-hybridized carbons (Fsp3) is 0.455. The zero-order valence-corrected chi connectivity index (χ0v) is 17.1. The molecule has 1 aliphatic heterocycles. The summed E-state index contributed by atoms with van der Waals surface area (Å²) in [5.74, 6) is 0.874. The lowest BCUT2D eigenvalue weighted by molar-refractivity contribution is -0.132. The first-order valence-electron chi connectivity index (χ1n) is 10.1. The second-order valence-electron chi connectivity index (χ2n) is 7.62. The molecule has 1 fully saturated rings. The Labute approximate surface area is 172 Å². The quantitative estimate of drug-likeness (QED) is 0.707. The van der Waals surface area contributed by atoms with Crippen LogP contribution in [-0.2, 0) is 9.59 Å². The average Bonchev–Trinajstić information content (AvgIpc) is 3.23. The molecule has 1 saturated heterocycles. The van der Waals surface area contributed by atoms with Gasteiger partial charge in [-0.1, -0.05) is 30.3 Å². The van der Waals surface area contributed by atoms with Crippen LogP contribution >= 0.6 is 0 Å². The predicted octanol–water partition coefficient (Wildman–Crippen LogP) is 1.63. The first kappa shape index (κ1) is 21.1. The van der Waals surface area contributed by atoms with Crippen molar-refractivity contribution in [1.29, 1.82) is 0 Å². The van der Waals surface area contributed by atoms with Crippen molar-refractivity contribution in [2.45, 2.75) is 25.9 Å². The van der Waals surface area contributed by atoms with E-state index in [-0.39, 0.29) is 30.4 Å². The Morgan fingerprint density at radius 3 is 2.38 bits per heavy atom. The summed E-state index contributed by atoms with van der Waals surface area (Å²) in [6.45, 7) is 7.19. The van der Waals surface area contributed by atoms with Gasteiger partial charge in [-0.15, -0.1) is 0 Å². The summed E-state index contributed by atoms with van der Waals surface area (Å²) in [4.78, 5) is 28.6. The van der Waals surface area contributed by atoms with Crippen LogP contribution in [0.4, 0.5) is 0 Å². The molecule has 7 nitrogen and oxygen atoms in total. The van der Waals surface area contributed by atoms with Crippen molar-refractivity contribution in [2.24, 2.45) is 0 Å². The Morgan fingerprint density at radius 1 is 1.03 bits per heavy atom. The van der Waals surface area contributed by atoms with Gasteiger partial charge < -0.3 is 14.6 Å². The van der Waals surface area contributed by atoms with E-state index in [1.165, 1.54) is 0 Å². The zero-order valence-electron chi connectivity index (χ0n) is 17.1. The van der Waals surface area contributed by atoms with Gasteiger partial charge in [0.25, 0.3) is 0 Å². The molecule has 3 rings (SSSR count). The minimum absolute atomic E-state index is 0.0330. The molecule has 2 amide bonds. The first-order valence-corrected chi connectivity index (χ1v) is 10.1. The summed E-state index contributed by atoms with van der Waals surface area (Å²) in [5.41, 5.74) is 1.05. The monoisotopic (exact) mass is 398 g/mol. The van der Waals surface area contributed by atoms with Crippen LogP contribution in [0.5, 0.6) is 0 Å². The maximum absolute atomic E-state index is 12.7. The van der Waals surface area contributed by atoms with Crippen LogP contribution in [0.15, 0.2) is 53.1 Å². The summed E-state index contributed by atoms with van der Waals surface area (Å²) in [6, 6.07) is 13.7. The van der Waals surface area contributed by atoms with Gasteiger partial charge in [0.05, 0.1) is 25.4 Å². The smallest absolute Gasteiger partial charge is 0.236 e. The SMILES string of the molecule is CC(C)NC(=O)CN1CCN(C(=O)CN[C@H](c2ccccc2)c2ccco2)CC1. The standard InChI is InChI=1S/C22H30N4O3/c1-17(2)24-20(27)16-25-10-12-26(13-11-25)21(28)15-23-22(19-9-6-14-29-19)18-7-4-3-5-8-18/h3-9,14,17,22-23H,10-13,15-16H2,1-2H3,(H,24,27)/t22-/m1/s1. The normalized spacial score (nSPS) is 16.0. The second kappa shape index (κ2) is 10.2. The topological polar surface area (TPSA) is 77.8 Å². The maximum Gasteiger partial charge on any atom is 0.236 e. The Balaban J connectivity index is 1.49. The van der Waals surface area contributed by atoms with Crippen molar-refractivity contribution in [3.63, 3.8) is 0 Å². The summed E-state index contributed by atoms with van der Waals surface area (Å²) in [7, 11) is 0. The summed E-state index contributed by atoms with van der Waals surface area (Å²) in [6.07, 6.45) is 1.64. The highest BCUT2D eigenvalue weighted by atomic mass is 16.3. The number of carbonyl (C=O) groups excluding carboxylic acids is 2. The van der Waals surface area contributed by atoms with E-state index >= 15 is 0 Å². The molecular weight excluding hydrogens is 368 g/mol. The number of furan rings is 1. The van der Waals surface area contributed by atoms with Gasteiger partial charge in [0, 0.05) is 32.2 Å². The van der Waals surface area contributed by atoms with Gasteiger partial charge in [0.1, 0.15) is 5.76 Å². The molecule has 0 unspecified atom stereocenters. The number of nitrogens with one attached hydrogen (secondary N) is 2. The van der Waals surface area contributed by atoms with E-state index in [1.807, 2.05) is 61.2 Å². The van der Waals surface area contributed by atoms with Gasteiger partial charge in [-0.05, 0) is 31.5 Å². The summed E-state index contributed by atoms with van der Waals surface area (Å²) in [5, 5.41) is 6.24. The van der Waals surface area contributed by atoms with Crippen LogP contribution < -0.4 is 10.6 Å². The lowest BCUT2D eigenvalue weighted by Gasteiger charge is -2.34. The van der Waals surface area contributed by atoms with Crippen molar-refractivity contribution in [3.8, 4) is 0 Å². The largest absolute Gasteiger partial charge is 0.467 e. The summed E-state index contributed by atoms with van der Waals surface area (Å²) >= 11 is 0. The van der Waals surface area contributed by atoms with E-state index < -0.39 is 0 Å². The molecule has 7 heteroatoms. The van der Waals surface area contributed by atoms with E-state index in [1.54, 1.807) is 6.26 Å². The fourth-order valence-electron chi connectivity index (χ4n) is 3.51. The molecule has 1 atom stereocenters. The van der Waals surface area contributed by atoms with Gasteiger partial charge >= 0.3 is 0 Å². The third-order valence-corrected chi connectivity index (χ3v) is 4.96. The number of hydrogen-bond acceptors (Lipinski definition) is 5. The molecule has 0 aliphatic carbocycles. The molecule has 29 heavy (non-hydrogen) atoms. The highest BCUT2D eigenvalue weighted by molar-refractivity contribution is 5.79. The van der Waals surface area contributed by atoms with Crippen molar-refractivity contribution in [3.05, 3.63) is 60.1 Å². The predicted molar refractivity (Wildman–Crippen MR) is 111 cm³/mol. The minimum atomic E-state index is -0.170. The Hall–Kier alpha value is -2.64. The lowest BCUT2D eigenvalue weighted by Crippen LogP contribution is -2.53. The van der Waals surface area contributed by atoms with E-state index in [4.69, 9.17) is 4.42 Å². The third-order valence-electron chi connectivity index (χ3n) is 4.96. The van der Waals surface area contributed by atoms with Gasteiger partial charge in [-0.25, -0.2) is 0 Å². The highest BCUT2D eigenvalue weighted by Crippen LogP contribution is 2.22. The molecule has 2 N–H and O–H groups in total. The van der Waals surface area contributed by atoms with Gasteiger partial charge in [-0.3, -0.25) is 19.8 Å². The Kier molecular flexibility index (Phi) is 7.43. The number of piperazine rings is 1. The lowest BCUT2D eigenvalue weighted by atomic mass is 10.0. The van der Waals surface area contributed by atoms with Gasteiger partial charge in [0.15, 0.2) is 0 Å². The molecule has 2 aromatic rings. The maximum atomic E-state index is 12.7. The van der Waals surface area contributed by atoms with Crippen LogP contribution in [0.1, 0.15) is 31.2 Å². The molecule has 0 radical (unpaired) electrons. The minimum Gasteiger partial charge on any atom is -0.467 e. The number of nitrogens with zero attached hydrogens (tertiary/aromatic N) is 2. The van der Waals surface area contributed by atoms with Gasteiger partial charge in [-0.2, -0.15) is 0 Å². The average molecular weight is 399 g/mol. The number of hydrogen-bond donors (Lipinski definition) is 2. The second-order valence-corrected chi connectivity index (χ2v) is 7.62. The Bertz CT molecular complexity index is 769. The van der Waals surface area contributed by atoms with Crippen LogP contribution in [0.2, 0.25) is 0 Å². The first-order chi connectivity index (χ1) is 14.0. The van der Waals surface area contributed by atoms with Crippen LogP contribution in [0.25, 0.3) is 0 Å². The molecule has 1 aliphatic rings. The van der Waals surface area contributed by atoms with Crippen molar-refractivity contribution in [2.75, 3.05) is 39.3 Å². The highest BCUT2D eigenvalue weighted by Gasteiger charge is 2.24. The van der Waals surface area contributed by atoms with E-state index in [0.717, 1.165) is 11.3 Å². The fourth-order valence-corrected chi connectivity index (χ4v) is 3.51. The molecule has 0 bridgehead atoms. The van der Waals surface area contributed by atoms with Crippen molar-refractivity contribution < 1.29 is 14.0 Å². The molecule has 156 valence electrons. The summed E-state index contributed by atoms with van der Waals surface area (Å²) < 4.78 is 5.57. The van der Waals surface area contributed by atoms with Crippen molar-refractivity contribution >= 4 is 11.8 Å². The molecular formula is C22H30N4O3. The van der Waals surface area contributed by atoms with Crippen LogP contribution in [-0.4, -0.2) is 66.9 Å². The van der Waals surface area contributed by atoms with E-state index in [9.17, 15) is 9.59 Å². The molecule has 2 heterocycles. The molecule has 0 saturated carbocycles. The van der Waals surface area contributed by atoms with E-state index in [0.29, 0.717) is 32.7 Å². The van der Waals surface area contributed by atoms with Crippen molar-refractivity contribution in [1.82, 2.24) is 20.4 Å². The number of carbonyl (C=O) groups is 2. The zero-order chi connectivity index (χ0) is 20.6.